The molecule has 0 aliphatic carbocycles. The molecule has 0 aliphatic rings. The van der Waals surface area contributed by atoms with Crippen LogP contribution in [0.1, 0.15) is 13.8 Å². The molecule has 0 N–H and O–H groups in total. The van der Waals surface area contributed by atoms with Crippen LogP contribution in [0.25, 0.3) is 0 Å². The van der Waals surface area contributed by atoms with Gasteiger partial charge in [0, 0.05) is 16.6 Å². The fourth-order valence-electron chi connectivity index (χ4n) is 0.240. The normalized spacial score (nSPS) is 13.9. The summed E-state index contributed by atoms with van der Waals surface area (Å²) in [6, 6.07) is 0. The summed E-state index contributed by atoms with van der Waals surface area (Å²) in [5, 5.41) is 0. The lowest BCUT2D eigenvalue weighted by Crippen LogP contribution is -1.78. The second-order valence-electron chi connectivity index (χ2n) is 1.09. The van der Waals surface area contributed by atoms with Crippen LogP contribution in [0.15, 0.2) is 0 Å². The maximum Gasteiger partial charge on any atom is 0.0595 e. The summed E-state index contributed by atoms with van der Waals surface area (Å²) < 4.78 is 13.5. The Bertz CT molecular complexity index is 93.6. The number of hydrogen-bond acceptors (Lipinski definition) is 2. The first-order valence-electron chi connectivity index (χ1n) is 2.40. The zero-order valence-electron chi connectivity index (χ0n) is 4.72. The summed E-state index contributed by atoms with van der Waals surface area (Å²) in [7, 11) is -1.08. The van der Waals surface area contributed by atoms with Gasteiger partial charge in [0.15, 0.2) is 0 Å². The van der Waals surface area contributed by atoms with Crippen molar-refractivity contribution in [2.45, 2.75) is 13.8 Å². The molecular weight excluding hydrogens is 110 g/mol. The Kier molecular flexibility index (Phi) is 4.20. The third-order valence-corrected chi connectivity index (χ3v) is 1.65. The fraction of sp³-hybridized carbons (Fsp3) is 1.00. The van der Waals surface area contributed by atoms with Crippen molar-refractivity contribution in [3.63, 3.8) is 0 Å². The van der Waals surface area contributed by atoms with Crippen molar-refractivity contribution in [3.05, 3.63) is 0 Å². The van der Waals surface area contributed by atoms with Crippen molar-refractivity contribution in [1.82, 2.24) is 0 Å². The smallest absolute Gasteiger partial charge is 0.0595 e. The Labute approximate surface area is 46.6 Å². The van der Waals surface area contributed by atoms with E-state index in [4.69, 9.17) is 8.79 Å². The molecule has 0 amide bonds. The predicted molar refractivity (Wildman–Crippen MR) is 32.9 cm³/mol. The molecule has 0 aromatic heterocycles. The monoisotopic (exact) mass is 121 g/mol. The summed E-state index contributed by atoms with van der Waals surface area (Å²) in [6.45, 7) is 4.40. The Morgan fingerprint density at radius 2 is 2.14 bits per heavy atom. The van der Waals surface area contributed by atoms with E-state index in [1.165, 1.54) is 0 Å². The van der Waals surface area contributed by atoms with Gasteiger partial charge in [-0.05, 0) is 6.92 Å². The zero-order valence-corrected chi connectivity index (χ0v) is 5.61. The first kappa shape index (κ1) is 7.02. The molecule has 0 spiro atoms. The average Bonchev–Trinajstić information content (AvgIpc) is 1.68. The molecule has 0 rings (SSSR count). The van der Waals surface area contributed by atoms with E-state index in [9.17, 15) is 0 Å². The van der Waals surface area contributed by atoms with Gasteiger partial charge in [0.1, 0.15) is 0 Å². The molecule has 3 heteroatoms. The third kappa shape index (κ3) is 3.86. The quantitative estimate of drug-likeness (QED) is 0.532. The lowest BCUT2D eigenvalue weighted by molar-refractivity contribution is 0.398. The molecule has 0 aliphatic heterocycles. The SMILES string of the molecule is CCO[SH](#N)CC. The number of thiol groups is 1. The Morgan fingerprint density at radius 1 is 1.57 bits per heavy atom. The first-order chi connectivity index (χ1) is 3.31. The minimum atomic E-state index is -1.08. The summed E-state index contributed by atoms with van der Waals surface area (Å²) in [5.74, 6) is 0.739. The van der Waals surface area contributed by atoms with Crippen LogP contribution in [0.2, 0.25) is 0 Å². The molecular formula is C4H11NOS. The van der Waals surface area contributed by atoms with Crippen LogP contribution in [-0.2, 0) is 4.18 Å². The van der Waals surface area contributed by atoms with Gasteiger partial charge in [-0.1, -0.05) is 6.92 Å². The van der Waals surface area contributed by atoms with E-state index in [1.54, 1.807) is 0 Å². The molecule has 0 aromatic rings. The van der Waals surface area contributed by atoms with Crippen molar-refractivity contribution >= 4 is 10.8 Å². The molecule has 2 nitrogen and oxygen atoms in total. The average molecular weight is 121 g/mol. The van der Waals surface area contributed by atoms with Gasteiger partial charge >= 0.3 is 0 Å². The Hall–Kier alpha value is 0.0200. The second kappa shape index (κ2) is 4.19. The maximum atomic E-state index is 8.70. The minimum absolute atomic E-state index is 0.621. The molecule has 0 radical (unpaired) electrons. The second-order valence-corrected chi connectivity index (χ2v) is 2.68. The van der Waals surface area contributed by atoms with Crippen molar-refractivity contribution < 1.29 is 4.18 Å². The number of rotatable bonds is 1. The summed E-state index contributed by atoms with van der Waals surface area (Å²) in [6.07, 6.45) is 0. The maximum absolute atomic E-state index is 8.70. The highest BCUT2D eigenvalue weighted by atomic mass is 32.2. The lowest BCUT2D eigenvalue weighted by atomic mass is 10.9. The van der Waals surface area contributed by atoms with Crippen LogP contribution in [0.3, 0.4) is 0 Å². The van der Waals surface area contributed by atoms with E-state index >= 15 is 0 Å². The van der Waals surface area contributed by atoms with Crippen LogP contribution < -0.4 is 0 Å². The van der Waals surface area contributed by atoms with E-state index in [2.05, 4.69) is 0 Å². The van der Waals surface area contributed by atoms with Crippen molar-refractivity contribution in [2.75, 3.05) is 12.4 Å². The summed E-state index contributed by atoms with van der Waals surface area (Å²) in [5.41, 5.74) is 0. The van der Waals surface area contributed by atoms with Gasteiger partial charge in [0.25, 0.3) is 0 Å². The van der Waals surface area contributed by atoms with Gasteiger partial charge in [-0.25, -0.2) is 4.61 Å². The van der Waals surface area contributed by atoms with Crippen LogP contribution in [0.4, 0.5) is 0 Å². The van der Waals surface area contributed by atoms with Crippen molar-refractivity contribution in [2.24, 2.45) is 0 Å². The highest BCUT2D eigenvalue weighted by molar-refractivity contribution is 7.99. The Morgan fingerprint density at radius 3 is 2.29 bits per heavy atom. The summed E-state index contributed by atoms with van der Waals surface area (Å²) in [4.78, 5) is 0. The number of nitrogens with zero attached hydrogens (tertiary/aromatic N) is 1. The molecule has 0 fully saturated rings. The minimum Gasteiger partial charge on any atom is -0.307 e. The van der Waals surface area contributed by atoms with Crippen LogP contribution in [0.5, 0.6) is 0 Å². The van der Waals surface area contributed by atoms with E-state index in [1.807, 2.05) is 13.8 Å². The van der Waals surface area contributed by atoms with Gasteiger partial charge in [-0.2, -0.15) is 0 Å². The lowest BCUT2D eigenvalue weighted by Gasteiger charge is -1.93. The molecule has 44 valence electrons. The van der Waals surface area contributed by atoms with Crippen LogP contribution in [-0.4, -0.2) is 12.4 Å². The largest absolute Gasteiger partial charge is 0.307 e. The molecule has 0 heterocycles. The van der Waals surface area contributed by atoms with Crippen molar-refractivity contribution in [1.29, 1.82) is 4.61 Å². The van der Waals surface area contributed by atoms with Crippen molar-refractivity contribution in [3.8, 4) is 0 Å². The molecule has 0 saturated heterocycles. The number of hydrogen-bond donors (Lipinski definition) is 1. The topological polar surface area (TPSA) is 33.0 Å². The Balaban J connectivity index is 3.07. The van der Waals surface area contributed by atoms with Gasteiger partial charge in [0.05, 0.1) is 6.61 Å². The molecule has 7 heavy (non-hydrogen) atoms. The fourth-order valence-corrected chi connectivity index (χ4v) is 0.721. The van der Waals surface area contributed by atoms with Crippen LogP contribution in [0, 0.1) is 4.61 Å². The summed E-state index contributed by atoms with van der Waals surface area (Å²) >= 11 is 0. The molecule has 1 atom stereocenters. The highest BCUT2D eigenvalue weighted by Gasteiger charge is 1.80. The highest BCUT2D eigenvalue weighted by Crippen LogP contribution is 2.05. The zero-order chi connectivity index (χ0) is 5.70. The van der Waals surface area contributed by atoms with Gasteiger partial charge in [-0.3, -0.25) is 0 Å². The molecule has 0 aromatic carbocycles. The van der Waals surface area contributed by atoms with Gasteiger partial charge in [-0.15, -0.1) is 0 Å². The van der Waals surface area contributed by atoms with Gasteiger partial charge in [0.2, 0.25) is 0 Å². The molecule has 0 bridgehead atoms. The molecule has 0 saturated carbocycles. The predicted octanol–water partition coefficient (Wildman–Crippen LogP) is 1.44. The van der Waals surface area contributed by atoms with E-state index in [0.29, 0.717) is 6.61 Å². The van der Waals surface area contributed by atoms with E-state index in [-0.39, 0.29) is 0 Å². The standard InChI is InChI=1S/C4H11NOS/c1-3-6-7(5)4-2/h7H,3-4H2,1-2H3. The third-order valence-electron chi connectivity index (χ3n) is 0.549. The first-order valence-corrected chi connectivity index (χ1v) is 3.80. The van der Waals surface area contributed by atoms with E-state index in [0.717, 1.165) is 5.75 Å². The van der Waals surface area contributed by atoms with Crippen LogP contribution >= 0.6 is 10.8 Å². The van der Waals surface area contributed by atoms with Gasteiger partial charge < -0.3 is 4.18 Å². The van der Waals surface area contributed by atoms with E-state index < -0.39 is 10.8 Å². The molecule has 1 unspecified atom stereocenters.